The van der Waals surface area contributed by atoms with Gasteiger partial charge in [0.1, 0.15) is 5.60 Å². The van der Waals surface area contributed by atoms with Crippen molar-refractivity contribution in [3.8, 4) is 0 Å². The van der Waals surface area contributed by atoms with Gasteiger partial charge >= 0.3 is 6.09 Å². The molecule has 0 radical (unpaired) electrons. The molecule has 1 N–H and O–H groups in total. The predicted octanol–water partition coefficient (Wildman–Crippen LogP) is 2.34. The summed E-state index contributed by atoms with van der Waals surface area (Å²) < 4.78 is 5.45. The first-order chi connectivity index (χ1) is 9.67. The Morgan fingerprint density at radius 1 is 1.48 bits per heavy atom. The summed E-state index contributed by atoms with van der Waals surface area (Å²) >= 11 is 0. The molecule has 1 fully saturated rings. The average Bonchev–Trinajstić information content (AvgIpc) is 2.34. The van der Waals surface area contributed by atoms with E-state index in [9.17, 15) is 9.90 Å². The molecule has 1 aliphatic heterocycles. The highest BCUT2D eigenvalue weighted by molar-refractivity contribution is 5.68. The van der Waals surface area contributed by atoms with Crippen molar-refractivity contribution in [2.45, 2.75) is 58.7 Å². The number of hydrogen-bond acceptors (Lipinski definition) is 4. The Kier molecular flexibility index (Phi) is 6.94. The van der Waals surface area contributed by atoms with Crippen molar-refractivity contribution < 1.29 is 14.6 Å². The Hall–Kier alpha value is -0.810. The molecular formula is C16H32N2O3. The number of rotatable bonds is 5. The van der Waals surface area contributed by atoms with Gasteiger partial charge in [-0.15, -0.1) is 0 Å². The lowest BCUT2D eigenvalue weighted by atomic mass is 9.97. The van der Waals surface area contributed by atoms with Crippen LogP contribution < -0.4 is 0 Å². The highest BCUT2D eigenvalue weighted by atomic mass is 16.6. The zero-order valence-corrected chi connectivity index (χ0v) is 14.3. The molecule has 1 rings (SSSR count). The van der Waals surface area contributed by atoms with Crippen molar-refractivity contribution in [2.75, 3.05) is 33.2 Å². The lowest BCUT2D eigenvalue weighted by molar-refractivity contribution is 0.0148. The van der Waals surface area contributed by atoms with Crippen molar-refractivity contribution >= 4 is 6.09 Å². The number of amides is 1. The van der Waals surface area contributed by atoms with Crippen LogP contribution in [0.25, 0.3) is 0 Å². The second-order valence-electron chi connectivity index (χ2n) is 7.33. The molecule has 1 amide bonds. The van der Waals surface area contributed by atoms with Gasteiger partial charge in [0.2, 0.25) is 0 Å². The molecule has 0 aromatic heterocycles. The quantitative estimate of drug-likeness (QED) is 0.847. The van der Waals surface area contributed by atoms with Gasteiger partial charge in [-0.1, -0.05) is 0 Å². The van der Waals surface area contributed by atoms with E-state index in [1.165, 1.54) is 0 Å². The minimum Gasteiger partial charge on any atom is -0.444 e. The van der Waals surface area contributed by atoms with E-state index in [1.54, 1.807) is 0 Å². The maximum absolute atomic E-state index is 12.1. The topological polar surface area (TPSA) is 53.0 Å². The standard InChI is InChI=1S/C16H32N2O3/c1-13(19)8-10-17(5)11-14-7-6-9-18(12-14)15(20)21-16(2,3)4/h13-14,19H,6-12H2,1-5H3. The van der Waals surface area contributed by atoms with Crippen LogP contribution in [0.1, 0.15) is 47.0 Å². The highest BCUT2D eigenvalue weighted by Gasteiger charge is 2.28. The number of carbonyl (C=O) groups excluding carboxylic acids is 1. The van der Waals surface area contributed by atoms with Gasteiger partial charge in [-0.05, 0) is 59.9 Å². The van der Waals surface area contributed by atoms with Gasteiger partial charge in [-0.25, -0.2) is 4.79 Å². The van der Waals surface area contributed by atoms with Crippen LogP contribution >= 0.6 is 0 Å². The maximum Gasteiger partial charge on any atom is 0.410 e. The van der Waals surface area contributed by atoms with Crippen molar-refractivity contribution in [1.29, 1.82) is 0 Å². The SMILES string of the molecule is CC(O)CCN(C)CC1CCCN(C(=O)OC(C)(C)C)C1. The van der Waals surface area contributed by atoms with Gasteiger partial charge in [0.05, 0.1) is 6.10 Å². The number of carbonyl (C=O) groups is 1. The van der Waals surface area contributed by atoms with Crippen LogP contribution in [0.3, 0.4) is 0 Å². The Bertz CT molecular complexity index is 326. The molecule has 1 heterocycles. The summed E-state index contributed by atoms with van der Waals surface area (Å²) in [6, 6.07) is 0. The third-order valence-corrected chi connectivity index (χ3v) is 3.67. The van der Waals surface area contributed by atoms with Crippen LogP contribution in [0.4, 0.5) is 4.79 Å². The predicted molar refractivity (Wildman–Crippen MR) is 84.3 cm³/mol. The van der Waals surface area contributed by atoms with Gasteiger partial charge in [0, 0.05) is 26.2 Å². The summed E-state index contributed by atoms with van der Waals surface area (Å²) in [5.74, 6) is 0.491. The van der Waals surface area contributed by atoms with E-state index < -0.39 is 5.60 Å². The molecule has 0 spiro atoms. The second kappa shape index (κ2) is 7.99. The largest absolute Gasteiger partial charge is 0.444 e. The molecule has 0 bridgehead atoms. The molecule has 1 aliphatic rings. The summed E-state index contributed by atoms with van der Waals surface area (Å²) in [6.45, 7) is 10.9. The van der Waals surface area contributed by atoms with Crippen molar-refractivity contribution in [2.24, 2.45) is 5.92 Å². The lowest BCUT2D eigenvalue weighted by Crippen LogP contribution is -2.45. The normalized spacial score (nSPS) is 21.5. The maximum atomic E-state index is 12.1. The number of ether oxygens (including phenoxy) is 1. The summed E-state index contributed by atoms with van der Waals surface area (Å²) in [5.41, 5.74) is -0.432. The lowest BCUT2D eigenvalue weighted by Gasteiger charge is -2.35. The van der Waals surface area contributed by atoms with Crippen molar-refractivity contribution in [1.82, 2.24) is 9.80 Å². The fourth-order valence-corrected chi connectivity index (χ4v) is 2.65. The highest BCUT2D eigenvalue weighted by Crippen LogP contribution is 2.20. The van der Waals surface area contributed by atoms with Crippen molar-refractivity contribution in [3.05, 3.63) is 0 Å². The smallest absolute Gasteiger partial charge is 0.410 e. The fraction of sp³-hybridized carbons (Fsp3) is 0.938. The molecule has 5 nitrogen and oxygen atoms in total. The van der Waals surface area contributed by atoms with Gasteiger partial charge in [0.15, 0.2) is 0 Å². The molecule has 2 atom stereocenters. The number of aliphatic hydroxyl groups is 1. The van der Waals surface area contributed by atoms with Crippen LogP contribution in [0.2, 0.25) is 0 Å². The third kappa shape index (κ3) is 7.67. The van der Waals surface area contributed by atoms with Crippen LogP contribution in [-0.2, 0) is 4.74 Å². The van der Waals surface area contributed by atoms with Crippen LogP contribution in [0, 0.1) is 5.92 Å². The fourth-order valence-electron chi connectivity index (χ4n) is 2.65. The van der Waals surface area contributed by atoms with Gasteiger partial charge in [-0.3, -0.25) is 0 Å². The zero-order chi connectivity index (χ0) is 16.0. The van der Waals surface area contributed by atoms with Crippen LogP contribution in [-0.4, -0.2) is 65.9 Å². The number of nitrogens with zero attached hydrogens (tertiary/aromatic N) is 2. The monoisotopic (exact) mass is 300 g/mol. The first kappa shape index (κ1) is 18.2. The molecule has 0 saturated carbocycles. The van der Waals surface area contributed by atoms with E-state index in [1.807, 2.05) is 32.6 Å². The van der Waals surface area contributed by atoms with Crippen LogP contribution in [0.15, 0.2) is 0 Å². The summed E-state index contributed by atoms with van der Waals surface area (Å²) in [4.78, 5) is 16.2. The summed E-state index contributed by atoms with van der Waals surface area (Å²) in [6.07, 6.45) is 2.53. The Morgan fingerprint density at radius 3 is 2.71 bits per heavy atom. The summed E-state index contributed by atoms with van der Waals surface area (Å²) in [5, 5.41) is 9.33. The molecule has 0 aromatic rings. The number of likely N-dealkylation sites (tertiary alicyclic amines) is 1. The van der Waals surface area contributed by atoms with E-state index in [2.05, 4.69) is 11.9 Å². The van der Waals surface area contributed by atoms with Gasteiger partial charge in [-0.2, -0.15) is 0 Å². The molecule has 124 valence electrons. The minimum atomic E-state index is -0.432. The molecule has 2 unspecified atom stereocenters. The Balaban J connectivity index is 2.39. The van der Waals surface area contributed by atoms with Crippen molar-refractivity contribution in [3.63, 3.8) is 0 Å². The summed E-state index contributed by atoms with van der Waals surface area (Å²) in [7, 11) is 2.08. The van der Waals surface area contributed by atoms with E-state index in [-0.39, 0.29) is 12.2 Å². The van der Waals surface area contributed by atoms with E-state index in [0.29, 0.717) is 5.92 Å². The van der Waals surface area contributed by atoms with E-state index in [0.717, 1.165) is 45.4 Å². The Morgan fingerprint density at radius 2 is 2.14 bits per heavy atom. The van der Waals surface area contributed by atoms with E-state index in [4.69, 9.17) is 4.74 Å². The average molecular weight is 300 g/mol. The van der Waals surface area contributed by atoms with Gasteiger partial charge in [0.25, 0.3) is 0 Å². The molecule has 5 heteroatoms. The molecular weight excluding hydrogens is 268 g/mol. The zero-order valence-electron chi connectivity index (χ0n) is 14.3. The molecule has 21 heavy (non-hydrogen) atoms. The van der Waals surface area contributed by atoms with Gasteiger partial charge < -0.3 is 19.6 Å². The van der Waals surface area contributed by atoms with Crippen LogP contribution in [0.5, 0.6) is 0 Å². The molecule has 1 saturated heterocycles. The molecule has 0 aliphatic carbocycles. The number of hydrogen-bond donors (Lipinski definition) is 1. The Labute approximate surface area is 129 Å². The first-order valence-electron chi connectivity index (χ1n) is 8.02. The first-order valence-corrected chi connectivity index (χ1v) is 8.02. The molecule has 0 aromatic carbocycles. The number of aliphatic hydroxyl groups excluding tert-OH is 1. The minimum absolute atomic E-state index is 0.196. The number of piperidine rings is 1. The third-order valence-electron chi connectivity index (χ3n) is 3.67. The second-order valence-corrected chi connectivity index (χ2v) is 7.33. The van der Waals surface area contributed by atoms with E-state index >= 15 is 0 Å².